The van der Waals surface area contributed by atoms with Gasteiger partial charge < -0.3 is 9.30 Å². The molecule has 226 valence electrons. The number of hydrogen-bond acceptors (Lipinski definition) is 5. The van der Waals surface area contributed by atoms with Crippen LogP contribution in [0.4, 0.5) is 0 Å². The minimum atomic E-state index is -3.98. The van der Waals surface area contributed by atoms with E-state index in [1.54, 1.807) is 6.07 Å². The lowest BCUT2D eigenvalue weighted by molar-refractivity contribution is 0.0979. The number of likely N-dealkylation sites (N-methyl/N-ethyl adjacent to an activating group) is 1. The van der Waals surface area contributed by atoms with Crippen LogP contribution >= 0.6 is 0 Å². The Balaban J connectivity index is 1.54. The van der Waals surface area contributed by atoms with E-state index in [1.807, 2.05) is 18.2 Å². The Kier molecular flexibility index (Phi) is 8.35. The Morgan fingerprint density at radius 2 is 1.74 bits per heavy atom. The first kappa shape index (κ1) is 29.2. The number of nitrogens with one attached hydrogen (secondary N) is 1. The zero-order valence-electron chi connectivity index (χ0n) is 25.1. The molecule has 9 heteroatoms. The molecule has 0 spiro atoms. The number of carbonyl (C=O) groups is 1. The third-order valence-electron chi connectivity index (χ3n) is 9.56. The van der Waals surface area contributed by atoms with Gasteiger partial charge in [-0.05, 0) is 81.8 Å². The van der Waals surface area contributed by atoms with Gasteiger partial charge in [0.05, 0.1) is 12.3 Å². The summed E-state index contributed by atoms with van der Waals surface area (Å²) in [6, 6.07) is 14.4. The van der Waals surface area contributed by atoms with E-state index in [9.17, 15) is 13.2 Å². The first-order valence-electron chi connectivity index (χ1n) is 15.6. The molecular formula is C33H44N4O4S. The van der Waals surface area contributed by atoms with Crippen LogP contribution in [0.3, 0.4) is 0 Å². The van der Waals surface area contributed by atoms with E-state index in [0.717, 1.165) is 61.0 Å². The minimum absolute atomic E-state index is 0.281. The van der Waals surface area contributed by atoms with E-state index < -0.39 is 16.1 Å². The van der Waals surface area contributed by atoms with Crippen LogP contribution < -0.4 is 9.46 Å². The van der Waals surface area contributed by atoms with Gasteiger partial charge in [0.25, 0.3) is 5.91 Å². The van der Waals surface area contributed by atoms with Crippen molar-refractivity contribution in [2.75, 3.05) is 33.3 Å². The maximum atomic E-state index is 13.4. The predicted molar refractivity (Wildman–Crippen MR) is 167 cm³/mol. The molecule has 3 aromatic rings. The van der Waals surface area contributed by atoms with Gasteiger partial charge in [0.15, 0.2) is 0 Å². The van der Waals surface area contributed by atoms with E-state index in [0.29, 0.717) is 37.1 Å². The molecule has 1 amide bonds. The smallest absolute Gasteiger partial charge is 0.303 e. The number of para-hydroxylation sites is 1. The Bertz CT molecular complexity index is 1560. The second-order valence-electron chi connectivity index (χ2n) is 12.6. The molecule has 1 aromatic heterocycles. The van der Waals surface area contributed by atoms with Gasteiger partial charge in [-0.25, -0.2) is 4.72 Å². The minimum Gasteiger partial charge on any atom is -0.493 e. The standard InChI is InChI=1S/C33H44N4O4S/c1-23(2)36-17-9-10-24-21-37-29-20-26(33(38)34-42(39,40)35(3)18-19-36)15-16-27(29)31(25-11-5-4-6-12-25)32(37)28-13-7-8-14-30(28)41-22-24/h7-8,13-16,20,23-25H,4-6,9-12,17-19,21-22H2,1-3H3,(H,34,38). The van der Waals surface area contributed by atoms with E-state index in [-0.39, 0.29) is 6.04 Å². The van der Waals surface area contributed by atoms with E-state index in [4.69, 9.17) is 4.74 Å². The quantitative estimate of drug-likeness (QED) is 0.408. The van der Waals surface area contributed by atoms with E-state index >= 15 is 0 Å². The van der Waals surface area contributed by atoms with Crippen LogP contribution in [-0.2, 0) is 16.8 Å². The molecule has 6 rings (SSSR count). The molecule has 42 heavy (non-hydrogen) atoms. The van der Waals surface area contributed by atoms with Crippen LogP contribution in [0.25, 0.3) is 22.2 Å². The molecular weight excluding hydrogens is 548 g/mol. The monoisotopic (exact) mass is 592 g/mol. The summed E-state index contributed by atoms with van der Waals surface area (Å²) in [6.45, 7) is 7.50. The number of aromatic nitrogens is 1. The second-order valence-corrected chi connectivity index (χ2v) is 14.4. The van der Waals surface area contributed by atoms with Gasteiger partial charge in [-0.2, -0.15) is 12.7 Å². The first-order chi connectivity index (χ1) is 20.2. The maximum absolute atomic E-state index is 13.4. The lowest BCUT2D eigenvalue weighted by Crippen LogP contribution is -2.45. The number of nitrogens with zero attached hydrogens (tertiary/aromatic N) is 3. The largest absolute Gasteiger partial charge is 0.493 e. The van der Waals surface area contributed by atoms with Crippen LogP contribution in [-0.4, -0.2) is 67.4 Å². The van der Waals surface area contributed by atoms with Crippen LogP contribution in [0.15, 0.2) is 42.5 Å². The van der Waals surface area contributed by atoms with Gasteiger partial charge in [0.1, 0.15) is 5.75 Å². The normalized spacial score (nSPS) is 23.0. The molecule has 1 fully saturated rings. The summed E-state index contributed by atoms with van der Waals surface area (Å²) in [6.07, 6.45) is 8.00. The van der Waals surface area contributed by atoms with Crippen molar-refractivity contribution in [3.05, 3.63) is 53.6 Å². The highest BCUT2D eigenvalue weighted by atomic mass is 32.2. The molecule has 3 heterocycles. The van der Waals surface area contributed by atoms with Crippen molar-refractivity contribution in [2.45, 2.75) is 77.3 Å². The average molecular weight is 593 g/mol. The topological polar surface area (TPSA) is 83.9 Å². The molecule has 2 aromatic carbocycles. The summed E-state index contributed by atoms with van der Waals surface area (Å²) in [5.74, 6) is 1.05. The van der Waals surface area contributed by atoms with Crippen molar-refractivity contribution >= 4 is 27.0 Å². The van der Waals surface area contributed by atoms with Crippen molar-refractivity contribution in [1.29, 1.82) is 0 Å². The summed E-state index contributed by atoms with van der Waals surface area (Å²) in [7, 11) is -2.45. The number of fused-ring (bicyclic) bond motifs is 4. The first-order valence-corrected chi connectivity index (χ1v) is 17.1. The number of carbonyl (C=O) groups excluding carboxylic acids is 1. The Hall–Kier alpha value is -2.88. The molecule has 8 nitrogen and oxygen atoms in total. The molecule has 3 aliphatic rings. The third-order valence-corrected chi connectivity index (χ3v) is 11.0. The van der Waals surface area contributed by atoms with Crippen LogP contribution in [0.5, 0.6) is 5.75 Å². The van der Waals surface area contributed by atoms with Gasteiger partial charge in [-0.15, -0.1) is 0 Å². The van der Waals surface area contributed by atoms with Crippen molar-refractivity contribution in [2.24, 2.45) is 5.92 Å². The average Bonchev–Trinajstić information content (AvgIpc) is 3.28. The van der Waals surface area contributed by atoms with Gasteiger partial charge in [-0.3, -0.25) is 9.69 Å². The molecule has 2 aliphatic heterocycles. The van der Waals surface area contributed by atoms with Gasteiger partial charge >= 0.3 is 10.2 Å². The third kappa shape index (κ3) is 5.71. The molecule has 1 aliphatic carbocycles. The fourth-order valence-electron chi connectivity index (χ4n) is 7.14. The molecule has 1 atom stereocenters. The number of ether oxygens (including phenoxy) is 1. The fraction of sp³-hybridized carbons (Fsp3) is 0.545. The second kappa shape index (κ2) is 12.0. The highest BCUT2D eigenvalue weighted by molar-refractivity contribution is 7.87. The van der Waals surface area contributed by atoms with Crippen molar-refractivity contribution < 1.29 is 17.9 Å². The van der Waals surface area contributed by atoms with Gasteiger partial charge in [0, 0.05) is 60.7 Å². The summed E-state index contributed by atoms with van der Waals surface area (Å²) < 4.78 is 38.8. The number of benzene rings is 2. The number of amides is 1. The maximum Gasteiger partial charge on any atom is 0.303 e. The summed E-state index contributed by atoms with van der Waals surface area (Å²) in [5.41, 5.74) is 5.01. The van der Waals surface area contributed by atoms with Crippen molar-refractivity contribution in [3.8, 4) is 17.0 Å². The molecule has 0 radical (unpaired) electrons. The predicted octanol–water partition coefficient (Wildman–Crippen LogP) is 5.78. The SMILES string of the molecule is CC(C)N1CCCC2COc3ccccc3-c3c(C4CCCCC4)c4ccc(cc4n3C2)C(=O)NS(=O)(=O)N(C)CC1. The molecule has 1 N–H and O–H groups in total. The van der Waals surface area contributed by atoms with E-state index in [1.165, 1.54) is 41.9 Å². The number of rotatable bonds is 2. The van der Waals surface area contributed by atoms with Crippen LogP contribution in [0.2, 0.25) is 0 Å². The zero-order chi connectivity index (χ0) is 29.4. The Labute approximate surface area is 250 Å². The van der Waals surface area contributed by atoms with Crippen molar-refractivity contribution in [3.63, 3.8) is 0 Å². The van der Waals surface area contributed by atoms with Gasteiger partial charge in [-0.1, -0.05) is 37.5 Å². The number of hydrogen-bond donors (Lipinski definition) is 1. The van der Waals surface area contributed by atoms with Crippen LogP contribution in [0.1, 0.15) is 80.6 Å². The molecule has 0 saturated heterocycles. The molecule has 1 unspecified atom stereocenters. The van der Waals surface area contributed by atoms with Crippen molar-refractivity contribution in [1.82, 2.24) is 18.5 Å². The zero-order valence-corrected chi connectivity index (χ0v) is 26.0. The van der Waals surface area contributed by atoms with E-state index in [2.05, 4.69) is 46.2 Å². The Morgan fingerprint density at radius 1 is 0.952 bits per heavy atom. The fourth-order valence-corrected chi connectivity index (χ4v) is 7.97. The summed E-state index contributed by atoms with van der Waals surface area (Å²) in [5, 5.41) is 1.16. The lowest BCUT2D eigenvalue weighted by atomic mass is 9.81. The lowest BCUT2D eigenvalue weighted by Gasteiger charge is -2.30. The molecule has 4 bridgehead atoms. The Morgan fingerprint density at radius 3 is 2.52 bits per heavy atom. The van der Waals surface area contributed by atoms with Crippen LogP contribution in [0, 0.1) is 5.92 Å². The summed E-state index contributed by atoms with van der Waals surface area (Å²) in [4.78, 5) is 15.7. The highest BCUT2D eigenvalue weighted by Crippen LogP contribution is 2.47. The summed E-state index contributed by atoms with van der Waals surface area (Å²) >= 11 is 0. The molecule has 1 saturated carbocycles. The highest BCUT2D eigenvalue weighted by Gasteiger charge is 2.31. The van der Waals surface area contributed by atoms with Gasteiger partial charge in [0.2, 0.25) is 0 Å².